The second-order valence-electron chi connectivity index (χ2n) is 13.1. The summed E-state index contributed by atoms with van der Waals surface area (Å²) in [5, 5.41) is 59.5. The van der Waals surface area contributed by atoms with E-state index in [-0.39, 0.29) is 25.7 Å². The van der Waals surface area contributed by atoms with Crippen molar-refractivity contribution in [1.29, 1.82) is 0 Å². The van der Waals surface area contributed by atoms with Gasteiger partial charge in [-0.2, -0.15) is 0 Å². The number of aliphatic hydroxyl groups excluding tert-OH is 1. The van der Waals surface area contributed by atoms with Gasteiger partial charge in [0.1, 0.15) is 29.0 Å². The van der Waals surface area contributed by atoms with Gasteiger partial charge in [-0.3, -0.25) is 4.79 Å². The van der Waals surface area contributed by atoms with E-state index >= 15 is 0 Å². The van der Waals surface area contributed by atoms with Crippen molar-refractivity contribution in [1.82, 2.24) is 0 Å². The Labute approximate surface area is 240 Å². The number of esters is 2. The molecule has 0 heterocycles. The van der Waals surface area contributed by atoms with Gasteiger partial charge in [-0.15, -0.1) is 0 Å². The summed E-state index contributed by atoms with van der Waals surface area (Å²) in [4.78, 5) is 25.2. The molecule has 0 saturated heterocycles. The SMILES string of the molecule is CC(=O)O[C@@H](C)[C@]1(O)CC[C@@]2(O)[C@]1(C)[C@H](OC(=O)/C=C/c1ccccc1)C[C@H]1[C@@]2(O)C=C[C@@]2(O)C[C@@H](O)CC[C@]12C. The monoisotopic (exact) mass is 570 g/mol. The van der Waals surface area contributed by atoms with Crippen LogP contribution in [0.2, 0.25) is 0 Å². The minimum absolute atomic E-state index is 0.00851. The van der Waals surface area contributed by atoms with Gasteiger partial charge in [0.15, 0.2) is 0 Å². The fourth-order valence-electron chi connectivity index (χ4n) is 8.75. The second-order valence-corrected chi connectivity index (χ2v) is 13.1. The molecule has 0 bridgehead atoms. The first kappa shape index (κ1) is 29.9. The molecule has 5 rings (SSSR count). The van der Waals surface area contributed by atoms with E-state index in [0.29, 0.717) is 12.8 Å². The zero-order valence-electron chi connectivity index (χ0n) is 24.1. The largest absolute Gasteiger partial charge is 0.460 e. The molecular weight excluding hydrogens is 528 g/mol. The molecule has 4 aliphatic carbocycles. The summed E-state index contributed by atoms with van der Waals surface area (Å²) in [5.41, 5.74) is -9.17. The molecule has 224 valence electrons. The highest BCUT2D eigenvalue weighted by Gasteiger charge is 2.82. The summed E-state index contributed by atoms with van der Waals surface area (Å²) in [6, 6.07) is 9.19. The Balaban J connectivity index is 1.62. The van der Waals surface area contributed by atoms with Crippen molar-refractivity contribution < 1.29 is 44.6 Å². The lowest BCUT2D eigenvalue weighted by atomic mass is 9.41. The smallest absolute Gasteiger partial charge is 0.331 e. The molecule has 9 nitrogen and oxygen atoms in total. The number of fused-ring (bicyclic) bond motifs is 5. The molecule has 3 fully saturated rings. The predicted octanol–water partition coefficient (Wildman–Crippen LogP) is 2.43. The van der Waals surface area contributed by atoms with Crippen LogP contribution >= 0.6 is 0 Å². The maximum atomic E-state index is 13.3. The van der Waals surface area contributed by atoms with Gasteiger partial charge in [-0.25, -0.2) is 4.79 Å². The number of ether oxygens (including phenoxy) is 2. The van der Waals surface area contributed by atoms with Gasteiger partial charge in [-0.1, -0.05) is 56.3 Å². The fraction of sp³-hybridized carbons (Fsp3) is 0.625. The Bertz CT molecular complexity index is 1260. The van der Waals surface area contributed by atoms with Gasteiger partial charge in [0.25, 0.3) is 0 Å². The first-order chi connectivity index (χ1) is 19.1. The van der Waals surface area contributed by atoms with E-state index in [9.17, 15) is 35.1 Å². The topological polar surface area (TPSA) is 154 Å². The Morgan fingerprint density at radius 2 is 1.71 bits per heavy atom. The fourth-order valence-corrected chi connectivity index (χ4v) is 8.75. The van der Waals surface area contributed by atoms with Crippen molar-refractivity contribution in [3.05, 3.63) is 54.1 Å². The van der Waals surface area contributed by atoms with Gasteiger partial charge in [0, 0.05) is 30.8 Å². The van der Waals surface area contributed by atoms with Gasteiger partial charge in [0.2, 0.25) is 0 Å². The first-order valence-corrected chi connectivity index (χ1v) is 14.5. The maximum absolute atomic E-state index is 13.3. The molecule has 0 unspecified atom stereocenters. The van der Waals surface area contributed by atoms with Crippen molar-refractivity contribution in [2.45, 2.75) is 107 Å². The first-order valence-electron chi connectivity index (χ1n) is 14.5. The van der Waals surface area contributed by atoms with Crippen LogP contribution in [0.15, 0.2) is 48.6 Å². The number of aliphatic hydroxyl groups is 5. The molecule has 41 heavy (non-hydrogen) atoms. The molecule has 9 heteroatoms. The van der Waals surface area contributed by atoms with E-state index in [1.807, 2.05) is 37.3 Å². The lowest BCUT2D eigenvalue weighted by Gasteiger charge is -2.68. The van der Waals surface area contributed by atoms with E-state index in [0.717, 1.165) is 5.56 Å². The van der Waals surface area contributed by atoms with Crippen LogP contribution < -0.4 is 0 Å². The van der Waals surface area contributed by atoms with Crippen LogP contribution in [0.5, 0.6) is 0 Å². The van der Waals surface area contributed by atoms with Crippen LogP contribution in [0.4, 0.5) is 0 Å². The van der Waals surface area contributed by atoms with Crippen molar-refractivity contribution >= 4 is 18.0 Å². The third-order valence-corrected chi connectivity index (χ3v) is 11.3. The predicted molar refractivity (Wildman–Crippen MR) is 149 cm³/mol. The molecule has 0 amide bonds. The third-order valence-electron chi connectivity index (χ3n) is 11.3. The van der Waals surface area contributed by atoms with E-state index in [4.69, 9.17) is 9.47 Å². The molecule has 1 aromatic rings. The Kier molecular flexibility index (Phi) is 7.11. The van der Waals surface area contributed by atoms with Crippen LogP contribution in [0, 0.1) is 16.7 Å². The van der Waals surface area contributed by atoms with Crippen LogP contribution in [-0.2, 0) is 19.1 Å². The number of hydrogen-bond donors (Lipinski definition) is 5. The molecule has 0 aliphatic heterocycles. The molecule has 0 radical (unpaired) electrons. The van der Waals surface area contributed by atoms with E-state index in [2.05, 4.69) is 0 Å². The van der Waals surface area contributed by atoms with E-state index < -0.39 is 69.4 Å². The van der Waals surface area contributed by atoms with E-state index in [1.165, 1.54) is 32.1 Å². The minimum Gasteiger partial charge on any atom is -0.460 e. The summed E-state index contributed by atoms with van der Waals surface area (Å²) in [6.07, 6.45) is 3.54. The standard InChI is InChI=1S/C32H42O9/c1-20(40-21(2)33)30(37)16-17-32(39)28(30,4)25(41-26(35)11-10-22-8-6-5-7-9-22)18-24-27(3)13-12-23(34)19-29(27,36)14-15-31(24,32)38/h5-11,14-15,20,23-25,34,36-39H,12-13,16-19H2,1-4H3/b11-10+/t20-,23-,24+,25+,27+,28+,29+,30+,31-,32+/m0/s1. The van der Waals surface area contributed by atoms with Crippen LogP contribution in [-0.4, -0.2) is 78.2 Å². The Hall–Kier alpha value is -2.56. The summed E-state index contributed by atoms with van der Waals surface area (Å²) < 4.78 is 11.5. The summed E-state index contributed by atoms with van der Waals surface area (Å²) >= 11 is 0. The summed E-state index contributed by atoms with van der Waals surface area (Å²) in [7, 11) is 0. The van der Waals surface area contributed by atoms with Gasteiger partial charge in [-0.05, 0) is 50.7 Å². The molecule has 0 aromatic heterocycles. The molecule has 10 atom stereocenters. The Morgan fingerprint density at radius 1 is 1.02 bits per heavy atom. The van der Waals surface area contributed by atoms with E-state index in [1.54, 1.807) is 13.0 Å². The van der Waals surface area contributed by atoms with Gasteiger partial charge in [0.05, 0.1) is 17.1 Å². The number of benzene rings is 1. The molecular formula is C32H42O9. The highest BCUT2D eigenvalue weighted by atomic mass is 16.6. The molecule has 3 saturated carbocycles. The second kappa shape index (κ2) is 9.74. The number of carbonyl (C=O) groups excluding carboxylic acids is 2. The van der Waals surface area contributed by atoms with Crippen molar-refractivity contribution in [2.75, 3.05) is 0 Å². The molecule has 1 aromatic carbocycles. The highest BCUT2D eigenvalue weighted by molar-refractivity contribution is 5.87. The van der Waals surface area contributed by atoms with Crippen LogP contribution in [0.25, 0.3) is 6.08 Å². The molecule has 5 N–H and O–H groups in total. The minimum atomic E-state index is -2.03. The zero-order valence-corrected chi connectivity index (χ0v) is 24.1. The summed E-state index contributed by atoms with van der Waals surface area (Å²) in [6.45, 7) is 6.17. The highest BCUT2D eigenvalue weighted by Crippen LogP contribution is 2.71. The quantitative estimate of drug-likeness (QED) is 0.204. The maximum Gasteiger partial charge on any atom is 0.331 e. The van der Waals surface area contributed by atoms with Gasteiger partial charge >= 0.3 is 11.9 Å². The van der Waals surface area contributed by atoms with Crippen LogP contribution in [0.3, 0.4) is 0 Å². The van der Waals surface area contributed by atoms with Crippen molar-refractivity contribution in [3.63, 3.8) is 0 Å². The molecule has 4 aliphatic rings. The average Bonchev–Trinajstić information content (AvgIpc) is 3.14. The zero-order chi connectivity index (χ0) is 30.1. The lowest BCUT2D eigenvalue weighted by molar-refractivity contribution is -0.327. The normalized spacial score (nSPS) is 45.8. The average molecular weight is 571 g/mol. The van der Waals surface area contributed by atoms with Crippen LogP contribution in [0.1, 0.15) is 71.8 Å². The van der Waals surface area contributed by atoms with Gasteiger partial charge < -0.3 is 35.0 Å². The lowest BCUT2D eigenvalue weighted by Crippen LogP contribution is -2.80. The molecule has 0 spiro atoms. The van der Waals surface area contributed by atoms with Crippen molar-refractivity contribution in [3.8, 4) is 0 Å². The number of carbonyl (C=O) groups is 2. The number of hydrogen-bond acceptors (Lipinski definition) is 9. The third kappa shape index (κ3) is 4.07. The number of rotatable bonds is 5. The van der Waals surface area contributed by atoms with Crippen molar-refractivity contribution in [2.24, 2.45) is 16.7 Å². The summed E-state index contributed by atoms with van der Waals surface area (Å²) in [5.74, 6) is -2.11. The Morgan fingerprint density at radius 3 is 2.37 bits per heavy atom.